The van der Waals surface area contributed by atoms with Crippen LogP contribution in [0.5, 0.6) is 0 Å². The van der Waals surface area contributed by atoms with E-state index in [-0.39, 0.29) is 0 Å². The lowest BCUT2D eigenvalue weighted by Crippen LogP contribution is -2.34. The zero-order valence-electron chi connectivity index (χ0n) is 19.7. The number of hydrogen-bond acceptors (Lipinski definition) is 3. The molecule has 0 fully saturated rings. The van der Waals surface area contributed by atoms with Gasteiger partial charge in [-0.1, -0.05) is 86.7 Å². The molecule has 0 aliphatic carbocycles. The lowest BCUT2D eigenvalue weighted by molar-refractivity contribution is 0.574. The third kappa shape index (κ3) is 9.14. The number of benzene rings is 3. The highest BCUT2D eigenvalue weighted by molar-refractivity contribution is 5.77. The molecule has 3 heteroatoms. The summed E-state index contributed by atoms with van der Waals surface area (Å²) in [4.78, 5) is 0. The number of rotatable bonds is 4. The van der Waals surface area contributed by atoms with Gasteiger partial charge in [-0.15, -0.1) is 13.2 Å². The molecule has 1 unspecified atom stereocenters. The fourth-order valence-corrected chi connectivity index (χ4v) is 2.86. The van der Waals surface area contributed by atoms with Crippen molar-refractivity contribution in [2.24, 2.45) is 11.6 Å². The van der Waals surface area contributed by atoms with Gasteiger partial charge >= 0.3 is 0 Å². The molecule has 31 heavy (non-hydrogen) atoms. The van der Waals surface area contributed by atoms with Crippen LogP contribution in [0.25, 0.3) is 22.3 Å². The highest BCUT2D eigenvalue weighted by atomic mass is 15.3. The van der Waals surface area contributed by atoms with Gasteiger partial charge < -0.3 is 5.73 Å². The summed E-state index contributed by atoms with van der Waals surface area (Å²) < 4.78 is 0. The Morgan fingerprint density at radius 2 is 1.19 bits per heavy atom. The van der Waals surface area contributed by atoms with Crippen molar-refractivity contribution in [1.82, 2.24) is 5.43 Å². The van der Waals surface area contributed by atoms with Crippen molar-refractivity contribution >= 4 is 0 Å². The summed E-state index contributed by atoms with van der Waals surface area (Å²) in [5, 5.41) is 0. The summed E-state index contributed by atoms with van der Waals surface area (Å²) in [6, 6.07) is 25.0. The molecule has 3 nitrogen and oxygen atoms in total. The molecule has 3 aromatic rings. The zero-order chi connectivity index (χ0) is 23.6. The van der Waals surface area contributed by atoms with Crippen LogP contribution < -0.4 is 17.0 Å². The summed E-state index contributed by atoms with van der Waals surface area (Å²) >= 11 is 0. The van der Waals surface area contributed by atoms with Crippen LogP contribution in [-0.4, -0.2) is 0 Å². The molecule has 3 rings (SSSR count). The van der Waals surface area contributed by atoms with E-state index < -0.39 is 6.17 Å². The minimum absolute atomic E-state index is 0.402. The molecule has 166 valence electrons. The Kier molecular flexibility index (Phi) is 15.2. The molecule has 0 saturated carbocycles. The minimum Gasteiger partial charge on any atom is -0.311 e. The fraction of sp³-hybridized carbons (Fsp3) is 0.214. The van der Waals surface area contributed by atoms with Gasteiger partial charge in [-0.25, -0.2) is 5.43 Å². The first-order valence-corrected chi connectivity index (χ1v) is 10.6. The third-order valence-electron chi connectivity index (χ3n) is 4.15. The second-order valence-corrected chi connectivity index (χ2v) is 6.43. The molecule has 1 atom stereocenters. The van der Waals surface area contributed by atoms with Gasteiger partial charge in [-0.2, -0.15) is 0 Å². The van der Waals surface area contributed by atoms with E-state index in [1.54, 1.807) is 12.2 Å². The fourth-order valence-electron chi connectivity index (χ4n) is 2.86. The Morgan fingerprint density at radius 3 is 1.61 bits per heavy atom. The van der Waals surface area contributed by atoms with Crippen molar-refractivity contribution in [1.29, 1.82) is 0 Å². The van der Waals surface area contributed by atoms with Gasteiger partial charge in [0.2, 0.25) is 0 Å². The SMILES string of the molecule is C=CC.C=CC.CC.Cc1c(-c2ccccc2)cc(-c2ccccc2)cc1C(N)NN. The first-order valence-electron chi connectivity index (χ1n) is 10.6. The van der Waals surface area contributed by atoms with E-state index in [0.29, 0.717) is 0 Å². The Hall–Kier alpha value is -2.98. The minimum atomic E-state index is -0.402. The van der Waals surface area contributed by atoms with E-state index in [2.05, 4.69) is 61.9 Å². The molecule has 0 aliphatic heterocycles. The average Bonchev–Trinajstić information content (AvgIpc) is 2.82. The number of allylic oxidation sites excluding steroid dienone is 2. The molecular weight excluding hydrogens is 378 g/mol. The second kappa shape index (κ2) is 16.8. The molecule has 0 aromatic heterocycles. The topological polar surface area (TPSA) is 64.1 Å². The molecule has 0 amide bonds. The van der Waals surface area contributed by atoms with Crippen molar-refractivity contribution in [3.05, 3.63) is 109 Å². The second-order valence-electron chi connectivity index (χ2n) is 6.43. The van der Waals surface area contributed by atoms with Crippen molar-refractivity contribution in [2.45, 2.75) is 40.8 Å². The standard InChI is InChI=1S/C20H21N3.2C3H6.C2H6/c1-14-18(16-10-6-3-7-11-16)12-17(13-19(14)20(21)23-22)15-8-4-2-5-9-15;2*1-3-2;1-2/h2-13,20,23H,21-22H2,1H3;2*3H,1H2,2H3;1-2H3. The summed E-state index contributed by atoms with van der Waals surface area (Å²) in [5.41, 5.74) is 15.6. The molecular formula is C28H39N3. The Bertz CT molecular complexity index is 866. The first kappa shape index (κ1) is 28.0. The zero-order valence-corrected chi connectivity index (χ0v) is 19.7. The predicted octanol–water partition coefficient (Wildman–Crippen LogP) is 7.16. The van der Waals surface area contributed by atoms with E-state index in [0.717, 1.165) is 22.3 Å². The van der Waals surface area contributed by atoms with E-state index >= 15 is 0 Å². The first-order chi connectivity index (χ1) is 15.0. The molecule has 0 saturated heterocycles. The van der Waals surface area contributed by atoms with Crippen LogP contribution in [0.1, 0.15) is 45.0 Å². The summed E-state index contributed by atoms with van der Waals surface area (Å²) in [6.07, 6.45) is 3.10. The van der Waals surface area contributed by atoms with Crippen LogP contribution in [0.15, 0.2) is 98.1 Å². The van der Waals surface area contributed by atoms with Crippen LogP contribution in [-0.2, 0) is 0 Å². The Balaban J connectivity index is 0.000000991. The molecule has 0 heterocycles. The third-order valence-corrected chi connectivity index (χ3v) is 4.15. The predicted molar refractivity (Wildman–Crippen MR) is 139 cm³/mol. The quantitative estimate of drug-likeness (QED) is 0.183. The Labute approximate surface area is 189 Å². The smallest absolute Gasteiger partial charge is 0.0938 e. The van der Waals surface area contributed by atoms with Crippen molar-refractivity contribution < 1.29 is 0 Å². The number of nitrogens with one attached hydrogen (secondary N) is 1. The van der Waals surface area contributed by atoms with Crippen LogP contribution in [0, 0.1) is 6.92 Å². The van der Waals surface area contributed by atoms with E-state index in [4.69, 9.17) is 11.6 Å². The molecule has 0 bridgehead atoms. The lowest BCUT2D eigenvalue weighted by Gasteiger charge is -2.19. The molecule has 0 aliphatic rings. The highest BCUT2D eigenvalue weighted by Gasteiger charge is 2.14. The van der Waals surface area contributed by atoms with Gasteiger partial charge in [0.05, 0.1) is 6.17 Å². The van der Waals surface area contributed by atoms with E-state index in [1.165, 1.54) is 11.1 Å². The summed E-state index contributed by atoms with van der Waals surface area (Å²) in [6.45, 7) is 16.6. The maximum atomic E-state index is 6.15. The van der Waals surface area contributed by atoms with Crippen LogP contribution in [0.4, 0.5) is 0 Å². The van der Waals surface area contributed by atoms with Crippen molar-refractivity contribution in [3.63, 3.8) is 0 Å². The van der Waals surface area contributed by atoms with Crippen LogP contribution in [0.3, 0.4) is 0 Å². The molecule has 5 N–H and O–H groups in total. The normalized spacial score (nSPS) is 10.0. The number of nitrogens with two attached hydrogens (primary N) is 2. The number of hydrazine groups is 1. The molecule has 0 spiro atoms. The van der Waals surface area contributed by atoms with Crippen LogP contribution in [0.2, 0.25) is 0 Å². The highest BCUT2D eigenvalue weighted by Crippen LogP contribution is 2.33. The van der Waals surface area contributed by atoms with E-state index in [9.17, 15) is 0 Å². The molecule has 0 radical (unpaired) electrons. The van der Waals surface area contributed by atoms with Gasteiger partial charge in [0.15, 0.2) is 0 Å². The van der Waals surface area contributed by atoms with Gasteiger partial charge in [0.25, 0.3) is 0 Å². The maximum absolute atomic E-state index is 6.15. The van der Waals surface area contributed by atoms with Gasteiger partial charge in [0, 0.05) is 0 Å². The summed E-state index contributed by atoms with van der Waals surface area (Å²) in [5.74, 6) is 5.58. The van der Waals surface area contributed by atoms with E-state index in [1.807, 2.05) is 64.1 Å². The van der Waals surface area contributed by atoms with Gasteiger partial charge in [-0.3, -0.25) is 5.84 Å². The lowest BCUT2D eigenvalue weighted by atomic mass is 9.90. The van der Waals surface area contributed by atoms with Crippen molar-refractivity contribution in [3.8, 4) is 22.3 Å². The van der Waals surface area contributed by atoms with Crippen molar-refractivity contribution in [2.75, 3.05) is 0 Å². The summed E-state index contributed by atoms with van der Waals surface area (Å²) in [7, 11) is 0. The van der Waals surface area contributed by atoms with Gasteiger partial charge in [0.1, 0.15) is 0 Å². The monoisotopic (exact) mass is 417 g/mol. The largest absolute Gasteiger partial charge is 0.311 e. The van der Waals surface area contributed by atoms with Crippen LogP contribution >= 0.6 is 0 Å². The average molecular weight is 418 g/mol. The van der Waals surface area contributed by atoms with Gasteiger partial charge in [-0.05, 0) is 66.3 Å². The maximum Gasteiger partial charge on any atom is 0.0938 e. The molecule has 3 aromatic carbocycles. The Morgan fingerprint density at radius 1 is 0.774 bits per heavy atom. The number of hydrogen-bond donors (Lipinski definition) is 3.